The average molecular weight is 349 g/mol. The van der Waals surface area contributed by atoms with Crippen molar-refractivity contribution in [3.05, 3.63) is 48.4 Å². The largest absolute Gasteiger partial charge is 0.497 e. The number of imidazole rings is 1. The normalized spacial score (nSPS) is 11.4. The van der Waals surface area contributed by atoms with Gasteiger partial charge in [0, 0.05) is 11.5 Å². The lowest BCUT2D eigenvalue weighted by Crippen LogP contribution is -2.09. The van der Waals surface area contributed by atoms with Crippen molar-refractivity contribution < 1.29 is 4.74 Å². The summed E-state index contributed by atoms with van der Waals surface area (Å²) >= 11 is 0. The summed E-state index contributed by atoms with van der Waals surface area (Å²) in [5.41, 5.74) is 2.58. The van der Waals surface area contributed by atoms with Crippen LogP contribution in [0.25, 0.3) is 22.7 Å². The molecule has 0 radical (unpaired) electrons. The quantitative estimate of drug-likeness (QED) is 0.563. The fraction of sp³-hybridized carbons (Fsp3) is 0.278. The van der Waals surface area contributed by atoms with Crippen molar-refractivity contribution in [3.8, 4) is 23.0 Å². The second-order valence-electron chi connectivity index (χ2n) is 6.30. The molecule has 0 aliphatic carbocycles. The summed E-state index contributed by atoms with van der Waals surface area (Å²) in [6.45, 7) is 6.15. The van der Waals surface area contributed by atoms with Gasteiger partial charge in [0.25, 0.3) is 0 Å². The number of fused-ring (bicyclic) bond motifs is 1. The Morgan fingerprint density at radius 1 is 1.08 bits per heavy atom. The van der Waals surface area contributed by atoms with E-state index in [1.165, 1.54) is 6.33 Å². The molecule has 8 nitrogen and oxygen atoms in total. The zero-order valence-corrected chi connectivity index (χ0v) is 15.1. The summed E-state index contributed by atoms with van der Waals surface area (Å²) in [6.07, 6.45) is 3.11. The van der Waals surface area contributed by atoms with E-state index in [0.717, 1.165) is 28.3 Å². The van der Waals surface area contributed by atoms with Gasteiger partial charge < -0.3 is 4.74 Å². The molecule has 4 aromatic rings. The first-order valence-corrected chi connectivity index (χ1v) is 8.35. The lowest BCUT2D eigenvalue weighted by Gasteiger charge is -2.10. The summed E-state index contributed by atoms with van der Waals surface area (Å²) in [6, 6.07) is 7.65. The first kappa shape index (κ1) is 16.2. The lowest BCUT2D eigenvalue weighted by atomic mass is 10.2. The molecule has 3 heterocycles. The fourth-order valence-electron chi connectivity index (χ4n) is 2.88. The highest BCUT2D eigenvalue weighted by molar-refractivity contribution is 5.67. The molecule has 0 aliphatic heterocycles. The van der Waals surface area contributed by atoms with E-state index in [1.807, 2.05) is 35.7 Å². The number of hydrogen-bond donors (Lipinski definition) is 0. The van der Waals surface area contributed by atoms with Gasteiger partial charge in [-0.3, -0.25) is 0 Å². The standard InChI is InChI=1S/C18H19N7O/c1-11(2)17-21-12(3)15-18(24-10-19-9-20-24)22-16(23-25(15)17)13-5-7-14(26-4)8-6-13/h5-11H,1-4H3. The summed E-state index contributed by atoms with van der Waals surface area (Å²) in [4.78, 5) is 13.5. The van der Waals surface area contributed by atoms with Gasteiger partial charge in [0.05, 0.1) is 12.8 Å². The van der Waals surface area contributed by atoms with Crippen molar-refractivity contribution in [2.75, 3.05) is 7.11 Å². The third-order valence-corrected chi connectivity index (χ3v) is 4.17. The van der Waals surface area contributed by atoms with E-state index in [9.17, 15) is 0 Å². The molecule has 0 saturated heterocycles. The van der Waals surface area contributed by atoms with Gasteiger partial charge in [-0.1, -0.05) is 13.8 Å². The average Bonchev–Trinajstić information content (AvgIpc) is 3.29. The number of benzene rings is 1. The topological polar surface area (TPSA) is 83.0 Å². The van der Waals surface area contributed by atoms with Crippen molar-refractivity contribution in [1.29, 1.82) is 0 Å². The predicted molar refractivity (Wildman–Crippen MR) is 96.5 cm³/mol. The summed E-state index contributed by atoms with van der Waals surface area (Å²) < 4.78 is 8.74. The number of methoxy groups -OCH3 is 1. The van der Waals surface area contributed by atoms with Crippen LogP contribution in [0.3, 0.4) is 0 Å². The molecule has 8 heteroatoms. The molecule has 0 bridgehead atoms. The van der Waals surface area contributed by atoms with E-state index in [1.54, 1.807) is 18.1 Å². The van der Waals surface area contributed by atoms with Crippen molar-refractivity contribution in [2.24, 2.45) is 0 Å². The molecule has 0 saturated carbocycles. The molecule has 132 valence electrons. The Morgan fingerprint density at radius 2 is 1.85 bits per heavy atom. The second kappa shape index (κ2) is 6.21. The van der Waals surface area contributed by atoms with Gasteiger partial charge >= 0.3 is 0 Å². The summed E-state index contributed by atoms with van der Waals surface area (Å²) in [5.74, 6) is 3.13. The first-order chi connectivity index (χ1) is 12.6. The Bertz CT molecular complexity index is 1050. The van der Waals surface area contributed by atoms with Crippen LogP contribution in [-0.2, 0) is 0 Å². The molecular weight excluding hydrogens is 330 g/mol. The van der Waals surface area contributed by atoms with Gasteiger partial charge in [-0.25, -0.2) is 24.1 Å². The Balaban J connectivity index is 2.01. The maximum Gasteiger partial charge on any atom is 0.185 e. The molecular formula is C18H19N7O. The van der Waals surface area contributed by atoms with E-state index in [4.69, 9.17) is 19.8 Å². The van der Waals surface area contributed by atoms with Crippen molar-refractivity contribution in [1.82, 2.24) is 34.3 Å². The van der Waals surface area contributed by atoms with Crippen LogP contribution in [0.4, 0.5) is 0 Å². The Morgan fingerprint density at radius 3 is 2.46 bits per heavy atom. The van der Waals surface area contributed by atoms with Gasteiger partial charge in [0.2, 0.25) is 0 Å². The van der Waals surface area contributed by atoms with Crippen LogP contribution in [0.5, 0.6) is 5.75 Å². The number of nitrogens with zero attached hydrogens (tertiary/aromatic N) is 7. The minimum atomic E-state index is 0.221. The molecule has 0 fully saturated rings. The number of rotatable bonds is 4. The van der Waals surface area contributed by atoms with E-state index in [-0.39, 0.29) is 5.92 Å². The SMILES string of the molecule is COc1ccc(-c2nc(-n3cncn3)c3c(C)nc(C(C)C)n3n2)cc1. The third kappa shape index (κ3) is 2.59. The zero-order chi connectivity index (χ0) is 18.3. The van der Waals surface area contributed by atoms with Gasteiger partial charge in [-0.2, -0.15) is 5.10 Å². The Kier molecular flexibility index (Phi) is 3.87. The molecule has 0 N–H and O–H groups in total. The van der Waals surface area contributed by atoms with Crippen molar-refractivity contribution >= 4 is 5.52 Å². The molecule has 0 spiro atoms. The Hall–Kier alpha value is -3.29. The summed E-state index contributed by atoms with van der Waals surface area (Å²) in [5, 5.41) is 9.00. The molecule has 1 aromatic carbocycles. The second-order valence-corrected chi connectivity index (χ2v) is 6.30. The maximum atomic E-state index is 5.23. The van der Waals surface area contributed by atoms with E-state index in [0.29, 0.717) is 11.6 Å². The molecule has 0 unspecified atom stereocenters. The highest BCUT2D eigenvalue weighted by Gasteiger charge is 2.20. The van der Waals surface area contributed by atoms with Crippen LogP contribution in [0.15, 0.2) is 36.9 Å². The van der Waals surface area contributed by atoms with Gasteiger partial charge in [-0.15, -0.1) is 5.10 Å². The predicted octanol–water partition coefficient (Wildman–Crippen LogP) is 2.81. The van der Waals surface area contributed by atoms with Gasteiger partial charge in [0.15, 0.2) is 11.6 Å². The molecule has 26 heavy (non-hydrogen) atoms. The van der Waals surface area contributed by atoms with Crippen molar-refractivity contribution in [2.45, 2.75) is 26.7 Å². The van der Waals surface area contributed by atoms with Crippen LogP contribution >= 0.6 is 0 Å². The van der Waals surface area contributed by atoms with Gasteiger partial charge in [-0.05, 0) is 31.2 Å². The van der Waals surface area contributed by atoms with Crippen LogP contribution in [0.2, 0.25) is 0 Å². The zero-order valence-electron chi connectivity index (χ0n) is 15.1. The van der Waals surface area contributed by atoms with Crippen LogP contribution in [0.1, 0.15) is 31.3 Å². The van der Waals surface area contributed by atoms with E-state index >= 15 is 0 Å². The van der Waals surface area contributed by atoms with E-state index in [2.05, 4.69) is 23.9 Å². The minimum absolute atomic E-state index is 0.221. The first-order valence-electron chi connectivity index (χ1n) is 8.35. The van der Waals surface area contributed by atoms with Crippen molar-refractivity contribution in [3.63, 3.8) is 0 Å². The van der Waals surface area contributed by atoms with Crippen LogP contribution in [0, 0.1) is 6.92 Å². The molecule has 0 amide bonds. The molecule has 0 aliphatic rings. The molecule has 4 rings (SSSR count). The van der Waals surface area contributed by atoms with Crippen LogP contribution < -0.4 is 4.74 Å². The highest BCUT2D eigenvalue weighted by Crippen LogP contribution is 2.26. The molecule has 3 aromatic heterocycles. The number of aromatic nitrogens is 7. The third-order valence-electron chi connectivity index (χ3n) is 4.17. The maximum absolute atomic E-state index is 5.23. The lowest BCUT2D eigenvalue weighted by molar-refractivity contribution is 0.415. The number of aryl methyl sites for hydroxylation is 1. The van der Waals surface area contributed by atoms with Crippen LogP contribution in [-0.4, -0.2) is 41.5 Å². The van der Waals surface area contributed by atoms with E-state index < -0.39 is 0 Å². The smallest absolute Gasteiger partial charge is 0.185 e. The number of ether oxygens (including phenoxy) is 1. The monoisotopic (exact) mass is 349 g/mol. The minimum Gasteiger partial charge on any atom is -0.497 e. The summed E-state index contributed by atoms with van der Waals surface area (Å²) in [7, 11) is 1.64. The Labute approximate surface area is 150 Å². The highest BCUT2D eigenvalue weighted by atomic mass is 16.5. The number of hydrogen-bond acceptors (Lipinski definition) is 6. The fourth-order valence-corrected chi connectivity index (χ4v) is 2.88. The molecule has 0 atom stereocenters. The van der Waals surface area contributed by atoms with Gasteiger partial charge in [0.1, 0.15) is 29.7 Å².